The highest BCUT2D eigenvalue weighted by atomic mass is 16.3. The third kappa shape index (κ3) is 4.92. The molecular formula is C14H26N2O. The summed E-state index contributed by atoms with van der Waals surface area (Å²) in [6.45, 7) is 12.5. The molecule has 0 aromatic carbocycles. The molecule has 0 saturated heterocycles. The summed E-state index contributed by atoms with van der Waals surface area (Å²) in [4.78, 5) is 2.28. The Balaban J connectivity index is 2.49. The largest absolute Gasteiger partial charge is 0.465 e. The second kappa shape index (κ2) is 6.82. The van der Waals surface area contributed by atoms with E-state index in [2.05, 4.69) is 44.1 Å². The van der Waals surface area contributed by atoms with E-state index in [0.717, 1.165) is 37.7 Å². The van der Waals surface area contributed by atoms with Gasteiger partial charge in [-0.3, -0.25) is 0 Å². The van der Waals surface area contributed by atoms with E-state index < -0.39 is 0 Å². The van der Waals surface area contributed by atoms with E-state index >= 15 is 0 Å². The van der Waals surface area contributed by atoms with Crippen LogP contribution in [0.1, 0.15) is 37.9 Å². The fourth-order valence-corrected chi connectivity index (χ4v) is 1.72. The van der Waals surface area contributed by atoms with Crippen LogP contribution in [0.25, 0.3) is 0 Å². The molecule has 0 saturated carbocycles. The fourth-order valence-electron chi connectivity index (χ4n) is 1.72. The van der Waals surface area contributed by atoms with Crippen LogP contribution in [0.4, 0.5) is 0 Å². The van der Waals surface area contributed by atoms with Crippen LogP contribution in [0.3, 0.4) is 0 Å². The van der Waals surface area contributed by atoms with Gasteiger partial charge in [0.15, 0.2) is 0 Å². The van der Waals surface area contributed by atoms with Crippen molar-refractivity contribution in [3.8, 4) is 0 Å². The molecule has 1 heterocycles. The van der Waals surface area contributed by atoms with E-state index in [4.69, 9.17) is 4.42 Å². The Hall–Kier alpha value is -0.800. The van der Waals surface area contributed by atoms with Gasteiger partial charge in [-0.15, -0.1) is 0 Å². The van der Waals surface area contributed by atoms with Crippen molar-refractivity contribution in [2.45, 2.75) is 40.8 Å². The highest BCUT2D eigenvalue weighted by Crippen LogP contribution is 2.16. The molecule has 98 valence electrons. The Morgan fingerprint density at radius 2 is 2.12 bits per heavy atom. The predicted octanol–water partition coefficient (Wildman–Crippen LogP) is 2.79. The molecule has 1 rings (SSSR count). The zero-order valence-electron chi connectivity index (χ0n) is 11.8. The van der Waals surface area contributed by atoms with Crippen LogP contribution >= 0.6 is 0 Å². The quantitative estimate of drug-likeness (QED) is 0.792. The first-order chi connectivity index (χ1) is 8.02. The summed E-state index contributed by atoms with van der Waals surface area (Å²) in [7, 11) is 2.13. The van der Waals surface area contributed by atoms with Gasteiger partial charge in [0.2, 0.25) is 0 Å². The van der Waals surface area contributed by atoms with Crippen LogP contribution in [0.15, 0.2) is 10.5 Å². The van der Waals surface area contributed by atoms with E-state index in [1.54, 1.807) is 0 Å². The van der Waals surface area contributed by atoms with Crippen molar-refractivity contribution >= 4 is 0 Å². The lowest BCUT2D eigenvalue weighted by atomic mass is 10.2. The lowest BCUT2D eigenvalue weighted by molar-refractivity contribution is 0.342. The van der Waals surface area contributed by atoms with Crippen molar-refractivity contribution in [3.05, 3.63) is 23.2 Å². The first kappa shape index (κ1) is 14.3. The standard InChI is InChI=1S/C14H26N2O/c1-6-16(5)10-13-7-14(17-12(13)4)9-15-8-11(2)3/h7,11,15H,6,8-10H2,1-5H3. The molecule has 0 fully saturated rings. The van der Waals surface area contributed by atoms with Gasteiger partial charge in [0.05, 0.1) is 6.54 Å². The van der Waals surface area contributed by atoms with Crippen molar-refractivity contribution in [2.24, 2.45) is 5.92 Å². The van der Waals surface area contributed by atoms with Gasteiger partial charge in [-0.05, 0) is 39.0 Å². The maximum absolute atomic E-state index is 5.75. The second-order valence-corrected chi connectivity index (χ2v) is 5.15. The summed E-state index contributed by atoms with van der Waals surface area (Å²) in [5, 5.41) is 3.40. The molecule has 1 aromatic heterocycles. The Morgan fingerprint density at radius 1 is 1.41 bits per heavy atom. The van der Waals surface area contributed by atoms with Crippen LogP contribution in [0.2, 0.25) is 0 Å². The summed E-state index contributed by atoms with van der Waals surface area (Å²) in [5.74, 6) is 2.77. The van der Waals surface area contributed by atoms with E-state index in [1.807, 2.05) is 6.92 Å². The normalized spacial score (nSPS) is 11.7. The maximum Gasteiger partial charge on any atom is 0.118 e. The Kier molecular flexibility index (Phi) is 5.72. The highest BCUT2D eigenvalue weighted by molar-refractivity contribution is 5.20. The summed E-state index contributed by atoms with van der Waals surface area (Å²) in [6, 6.07) is 2.18. The minimum atomic E-state index is 0.678. The lowest BCUT2D eigenvalue weighted by Crippen LogP contribution is -2.18. The number of nitrogens with zero attached hydrogens (tertiary/aromatic N) is 1. The monoisotopic (exact) mass is 238 g/mol. The number of hydrogen-bond donors (Lipinski definition) is 1. The van der Waals surface area contributed by atoms with Gasteiger partial charge in [0.1, 0.15) is 11.5 Å². The Bertz CT molecular complexity index is 331. The van der Waals surface area contributed by atoms with E-state index in [-0.39, 0.29) is 0 Å². The maximum atomic E-state index is 5.75. The molecule has 0 atom stereocenters. The predicted molar refractivity (Wildman–Crippen MR) is 72.0 cm³/mol. The minimum Gasteiger partial charge on any atom is -0.465 e. The Labute approximate surface area is 105 Å². The van der Waals surface area contributed by atoms with E-state index in [0.29, 0.717) is 5.92 Å². The average molecular weight is 238 g/mol. The van der Waals surface area contributed by atoms with Crippen molar-refractivity contribution in [2.75, 3.05) is 20.1 Å². The van der Waals surface area contributed by atoms with Crippen molar-refractivity contribution in [1.82, 2.24) is 10.2 Å². The van der Waals surface area contributed by atoms with Crippen molar-refractivity contribution in [3.63, 3.8) is 0 Å². The van der Waals surface area contributed by atoms with Crippen LogP contribution < -0.4 is 5.32 Å². The van der Waals surface area contributed by atoms with Gasteiger partial charge >= 0.3 is 0 Å². The molecule has 0 aliphatic carbocycles. The third-order valence-corrected chi connectivity index (χ3v) is 2.90. The number of hydrogen-bond acceptors (Lipinski definition) is 3. The van der Waals surface area contributed by atoms with Crippen LogP contribution in [0.5, 0.6) is 0 Å². The first-order valence-electron chi connectivity index (χ1n) is 6.50. The van der Waals surface area contributed by atoms with Gasteiger partial charge in [-0.2, -0.15) is 0 Å². The highest BCUT2D eigenvalue weighted by Gasteiger charge is 2.08. The molecule has 0 bridgehead atoms. The fraction of sp³-hybridized carbons (Fsp3) is 0.714. The zero-order chi connectivity index (χ0) is 12.8. The molecule has 0 unspecified atom stereocenters. The zero-order valence-corrected chi connectivity index (χ0v) is 11.8. The molecule has 1 aromatic rings. The van der Waals surface area contributed by atoms with E-state index in [9.17, 15) is 0 Å². The van der Waals surface area contributed by atoms with Gasteiger partial charge < -0.3 is 14.6 Å². The van der Waals surface area contributed by atoms with Crippen molar-refractivity contribution < 1.29 is 4.42 Å². The second-order valence-electron chi connectivity index (χ2n) is 5.15. The Morgan fingerprint density at radius 3 is 2.71 bits per heavy atom. The number of aryl methyl sites for hydroxylation is 1. The van der Waals surface area contributed by atoms with E-state index in [1.165, 1.54) is 5.56 Å². The molecule has 3 heteroatoms. The molecular weight excluding hydrogens is 212 g/mol. The van der Waals surface area contributed by atoms with Gasteiger partial charge in [0.25, 0.3) is 0 Å². The first-order valence-corrected chi connectivity index (χ1v) is 6.50. The summed E-state index contributed by atoms with van der Waals surface area (Å²) in [5.41, 5.74) is 1.30. The molecule has 17 heavy (non-hydrogen) atoms. The molecule has 0 aliphatic rings. The smallest absolute Gasteiger partial charge is 0.118 e. The lowest BCUT2D eigenvalue weighted by Gasteiger charge is -2.12. The SMILES string of the molecule is CCN(C)Cc1cc(CNCC(C)C)oc1C. The molecule has 1 N–H and O–H groups in total. The summed E-state index contributed by atoms with van der Waals surface area (Å²) < 4.78 is 5.75. The molecule has 0 radical (unpaired) electrons. The van der Waals surface area contributed by atoms with Crippen LogP contribution in [0, 0.1) is 12.8 Å². The molecule has 3 nitrogen and oxygen atoms in total. The third-order valence-electron chi connectivity index (χ3n) is 2.90. The number of furan rings is 1. The molecule has 0 amide bonds. The van der Waals surface area contributed by atoms with Crippen LogP contribution in [-0.4, -0.2) is 25.0 Å². The van der Waals surface area contributed by atoms with Crippen LogP contribution in [-0.2, 0) is 13.1 Å². The number of rotatable bonds is 7. The average Bonchev–Trinajstić information content (AvgIpc) is 2.59. The molecule has 0 spiro atoms. The molecule has 0 aliphatic heterocycles. The topological polar surface area (TPSA) is 28.4 Å². The van der Waals surface area contributed by atoms with Gasteiger partial charge in [-0.25, -0.2) is 0 Å². The minimum absolute atomic E-state index is 0.678. The summed E-state index contributed by atoms with van der Waals surface area (Å²) >= 11 is 0. The van der Waals surface area contributed by atoms with Crippen molar-refractivity contribution in [1.29, 1.82) is 0 Å². The van der Waals surface area contributed by atoms with Gasteiger partial charge in [0, 0.05) is 12.1 Å². The van der Waals surface area contributed by atoms with Gasteiger partial charge in [-0.1, -0.05) is 20.8 Å². The number of nitrogens with one attached hydrogen (secondary N) is 1. The summed E-state index contributed by atoms with van der Waals surface area (Å²) in [6.07, 6.45) is 0.